The molecule has 1 heterocycles. The molecule has 2 nitrogen and oxygen atoms in total. The van der Waals surface area contributed by atoms with Crippen LogP contribution in [0.2, 0.25) is 0 Å². The summed E-state index contributed by atoms with van der Waals surface area (Å²) in [4.78, 5) is 6.83. The highest BCUT2D eigenvalue weighted by Crippen LogP contribution is 2.25. The van der Waals surface area contributed by atoms with Gasteiger partial charge in [0.1, 0.15) is 10.5 Å². The van der Waals surface area contributed by atoms with Gasteiger partial charge in [0.25, 0.3) is 0 Å². The zero-order valence-electron chi connectivity index (χ0n) is 9.36. The van der Waals surface area contributed by atoms with Crippen molar-refractivity contribution in [3.63, 3.8) is 0 Å². The van der Waals surface area contributed by atoms with Gasteiger partial charge in [-0.25, -0.2) is 4.98 Å². The van der Waals surface area contributed by atoms with Crippen molar-refractivity contribution < 1.29 is 13.2 Å². The summed E-state index contributed by atoms with van der Waals surface area (Å²) in [5, 5.41) is 0. The maximum atomic E-state index is 12.1. The number of halogens is 4. The second kappa shape index (κ2) is 5.48. The average Bonchev–Trinajstić information content (AvgIpc) is 2.18. The molecule has 0 saturated carbocycles. The van der Waals surface area contributed by atoms with Crippen LogP contribution >= 0.6 is 28.1 Å². The van der Waals surface area contributed by atoms with Gasteiger partial charge in [0, 0.05) is 12.1 Å². The molecule has 1 aromatic rings. The molecule has 17 heavy (non-hydrogen) atoms. The Hall–Kier alpha value is -0.430. The summed E-state index contributed by atoms with van der Waals surface area (Å²) < 4.78 is 37.3. The van der Waals surface area contributed by atoms with E-state index in [0.29, 0.717) is 9.11 Å². The molecule has 1 aromatic heterocycles. The fourth-order valence-electron chi connectivity index (χ4n) is 1.30. The molecular formula is C10H12BrF3N2S. The number of alkyl halides is 3. The monoisotopic (exact) mass is 328 g/mol. The smallest absolute Gasteiger partial charge is 0.346 e. The van der Waals surface area contributed by atoms with Crippen LogP contribution in [0.15, 0.2) is 4.47 Å². The Morgan fingerprint density at radius 2 is 2.00 bits per heavy atom. The van der Waals surface area contributed by atoms with Crippen LogP contribution in [0, 0.1) is 4.64 Å². The molecular weight excluding hydrogens is 317 g/mol. The van der Waals surface area contributed by atoms with Crippen molar-refractivity contribution in [3.05, 3.63) is 20.6 Å². The Kier molecular flexibility index (Phi) is 4.71. The summed E-state index contributed by atoms with van der Waals surface area (Å²) in [5.41, 5.74) is 0.780. The highest BCUT2D eigenvalue weighted by Gasteiger charge is 2.27. The summed E-state index contributed by atoms with van der Waals surface area (Å²) in [7, 11) is 0. The number of nitrogens with zero attached hydrogens (tertiary/aromatic N) is 1. The molecule has 0 atom stereocenters. The van der Waals surface area contributed by atoms with Gasteiger partial charge in [-0.05, 0) is 21.8 Å². The van der Waals surface area contributed by atoms with Gasteiger partial charge >= 0.3 is 6.18 Å². The van der Waals surface area contributed by atoms with E-state index in [1.165, 1.54) is 0 Å². The number of nitrogens with one attached hydrogen (secondary N) is 1. The van der Waals surface area contributed by atoms with Gasteiger partial charge in [-0.2, -0.15) is 13.2 Å². The van der Waals surface area contributed by atoms with Crippen LogP contribution < -0.4 is 0 Å². The predicted octanol–water partition coefficient (Wildman–Crippen LogP) is 4.52. The molecule has 0 aliphatic rings. The van der Waals surface area contributed by atoms with Crippen molar-refractivity contribution >= 4 is 28.1 Å². The number of hydrogen-bond acceptors (Lipinski definition) is 2. The van der Waals surface area contributed by atoms with Crippen LogP contribution in [0.5, 0.6) is 0 Å². The standard InChI is InChI=1S/C10H12BrF3N2S/c1-5(2)8-7(11)9(17)16-6(15-8)3-4-10(12,13)14/h5H,3-4H2,1-2H3,(H,15,16,17). The zero-order valence-corrected chi connectivity index (χ0v) is 11.8. The third-order valence-electron chi connectivity index (χ3n) is 2.16. The number of aromatic nitrogens is 2. The van der Waals surface area contributed by atoms with Crippen molar-refractivity contribution in [2.75, 3.05) is 0 Å². The minimum Gasteiger partial charge on any atom is -0.346 e. The van der Waals surface area contributed by atoms with Gasteiger partial charge in [0.2, 0.25) is 0 Å². The SMILES string of the molecule is CC(C)c1[nH]c(CCC(F)(F)F)nc(=S)c1Br. The van der Waals surface area contributed by atoms with Crippen molar-refractivity contribution in [3.8, 4) is 0 Å². The fraction of sp³-hybridized carbons (Fsp3) is 0.600. The maximum absolute atomic E-state index is 12.1. The summed E-state index contributed by atoms with van der Waals surface area (Å²) in [6, 6.07) is 0. The van der Waals surface area contributed by atoms with Gasteiger partial charge in [-0.3, -0.25) is 0 Å². The molecule has 1 N–H and O–H groups in total. The van der Waals surface area contributed by atoms with Crippen LogP contribution in [-0.4, -0.2) is 16.1 Å². The van der Waals surface area contributed by atoms with Crippen LogP contribution in [-0.2, 0) is 6.42 Å². The first-order valence-electron chi connectivity index (χ1n) is 5.06. The van der Waals surface area contributed by atoms with Crippen molar-refractivity contribution in [1.82, 2.24) is 9.97 Å². The van der Waals surface area contributed by atoms with Crippen LogP contribution in [0.3, 0.4) is 0 Å². The Morgan fingerprint density at radius 1 is 1.41 bits per heavy atom. The highest BCUT2D eigenvalue weighted by molar-refractivity contribution is 9.10. The molecule has 1 rings (SSSR count). The molecule has 0 aromatic carbocycles. The largest absolute Gasteiger partial charge is 0.389 e. The van der Waals surface area contributed by atoms with E-state index in [4.69, 9.17) is 12.2 Å². The molecule has 0 saturated heterocycles. The molecule has 0 amide bonds. The number of rotatable bonds is 3. The van der Waals surface area contributed by atoms with Crippen molar-refractivity contribution in [2.45, 2.75) is 38.8 Å². The molecule has 0 spiro atoms. The molecule has 96 valence electrons. The van der Waals surface area contributed by atoms with E-state index in [0.717, 1.165) is 5.69 Å². The molecule has 0 radical (unpaired) electrons. The summed E-state index contributed by atoms with van der Waals surface area (Å²) in [6.07, 6.45) is -5.26. The minimum absolute atomic E-state index is 0.138. The second-order valence-electron chi connectivity index (χ2n) is 3.99. The van der Waals surface area contributed by atoms with Crippen LogP contribution in [0.4, 0.5) is 13.2 Å². The van der Waals surface area contributed by atoms with Gasteiger partial charge in [-0.15, -0.1) is 0 Å². The van der Waals surface area contributed by atoms with E-state index >= 15 is 0 Å². The van der Waals surface area contributed by atoms with Crippen molar-refractivity contribution in [1.29, 1.82) is 0 Å². The lowest BCUT2D eigenvalue weighted by atomic mass is 10.1. The fourth-order valence-corrected chi connectivity index (χ4v) is 2.17. The van der Waals surface area contributed by atoms with Crippen LogP contribution in [0.1, 0.15) is 37.7 Å². The first-order chi connectivity index (χ1) is 7.70. The van der Waals surface area contributed by atoms with E-state index in [-0.39, 0.29) is 18.2 Å². The zero-order chi connectivity index (χ0) is 13.2. The minimum atomic E-state index is -4.18. The third-order valence-corrected chi connectivity index (χ3v) is 3.52. The Bertz CT molecular complexity index is 454. The topological polar surface area (TPSA) is 28.7 Å². The number of hydrogen-bond donors (Lipinski definition) is 1. The lowest BCUT2D eigenvalue weighted by Gasteiger charge is -2.12. The van der Waals surface area contributed by atoms with E-state index < -0.39 is 12.6 Å². The summed E-state index contributed by atoms with van der Waals surface area (Å²) in [5.74, 6) is 0.415. The molecule has 7 heteroatoms. The quantitative estimate of drug-likeness (QED) is 0.826. The lowest BCUT2D eigenvalue weighted by Crippen LogP contribution is -2.11. The Morgan fingerprint density at radius 3 is 2.47 bits per heavy atom. The number of aromatic amines is 1. The molecule has 0 fully saturated rings. The van der Waals surface area contributed by atoms with E-state index in [1.54, 1.807) is 0 Å². The Balaban J connectivity index is 2.99. The molecule has 0 aliphatic carbocycles. The normalized spacial score (nSPS) is 12.2. The van der Waals surface area contributed by atoms with Gasteiger partial charge in [0.15, 0.2) is 0 Å². The van der Waals surface area contributed by atoms with E-state index in [9.17, 15) is 13.2 Å². The maximum Gasteiger partial charge on any atom is 0.389 e. The third kappa shape index (κ3) is 4.39. The molecule has 0 bridgehead atoms. The molecule has 0 unspecified atom stereocenters. The van der Waals surface area contributed by atoms with Gasteiger partial charge in [-0.1, -0.05) is 26.1 Å². The Labute approximate surface area is 111 Å². The highest BCUT2D eigenvalue weighted by atomic mass is 79.9. The molecule has 0 aliphatic heterocycles. The van der Waals surface area contributed by atoms with Crippen LogP contribution in [0.25, 0.3) is 0 Å². The predicted molar refractivity (Wildman–Crippen MR) is 65.6 cm³/mol. The van der Waals surface area contributed by atoms with E-state index in [2.05, 4.69) is 25.9 Å². The lowest BCUT2D eigenvalue weighted by molar-refractivity contribution is -0.134. The van der Waals surface area contributed by atoms with Gasteiger partial charge in [0.05, 0.1) is 10.9 Å². The number of aryl methyl sites for hydroxylation is 1. The first-order valence-corrected chi connectivity index (χ1v) is 6.26. The van der Waals surface area contributed by atoms with Crippen molar-refractivity contribution in [2.24, 2.45) is 0 Å². The second-order valence-corrected chi connectivity index (χ2v) is 5.17. The number of H-pyrrole nitrogens is 1. The first kappa shape index (κ1) is 14.6. The average molecular weight is 329 g/mol. The van der Waals surface area contributed by atoms with E-state index in [1.807, 2.05) is 13.8 Å². The van der Waals surface area contributed by atoms with Gasteiger partial charge < -0.3 is 4.98 Å². The summed E-state index contributed by atoms with van der Waals surface area (Å²) >= 11 is 8.28. The summed E-state index contributed by atoms with van der Waals surface area (Å²) in [6.45, 7) is 3.86.